The fourth-order valence-corrected chi connectivity index (χ4v) is 5.55. The Morgan fingerprint density at radius 2 is 1.62 bits per heavy atom. The van der Waals surface area contributed by atoms with Crippen LogP contribution in [0, 0.1) is 0 Å². The van der Waals surface area contributed by atoms with Crippen molar-refractivity contribution < 1.29 is 19.1 Å². The second-order valence-corrected chi connectivity index (χ2v) is 12.2. The Kier molecular flexibility index (Phi) is 11.6. The number of anilines is 3. The minimum absolute atomic E-state index is 0.187. The molecule has 47 heavy (non-hydrogen) atoms. The Bertz CT molecular complexity index is 1920. The van der Waals surface area contributed by atoms with Crippen molar-refractivity contribution in [1.29, 1.82) is 0 Å². The summed E-state index contributed by atoms with van der Waals surface area (Å²) >= 11 is 25.8. The highest BCUT2D eigenvalue weighted by Gasteiger charge is 2.15. The second kappa shape index (κ2) is 16.0. The summed E-state index contributed by atoms with van der Waals surface area (Å²) in [5.41, 5.74) is 6.44. The zero-order chi connectivity index (χ0) is 33.3. The normalized spacial score (nSPS) is 10.9. The van der Waals surface area contributed by atoms with Crippen molar-refractivity contribution in [3.05, 3.63) is 115 Å². The van der Waals surface area contributed by atoms with Gasteiger partial charge in [0.1, 0.15) is 0 Å². The van der Waals surface area contributed by atoms with Gasteiger partial charge in [-0.25, -0.2) is 10.4 Å². The zero-order valence-electron chi connectivity index (χ0n) is 24.5. The van der Waals surface area contributed by atoms with Crippen LogP contribution in [0.5, 0.6) is 11.5 Å². The predicted molar refractivity (Wildman–Crippen MR) is 191 cm³/mol. The largest absolute Gasteiger partial charge is 0.490 e. The van der Waals surface area contributed by atoms with Gasteiger partial charge in [-0.3, -0.25) is 9.59 Å². The molecule has 5 rings (SSSR count). The Morgan fingerprint density at radius 1 is 0.872 bits per heavy atom. The number of nitrogens with zero attached hydrogens (tertiary/aromatic N) is 2. The monoisotopic (exact) mass is 727 g/mol. The molecule has 5 aromatic rings. The molecule has 0 saturated heterocycles. The number of ether oxygens (including phenoxy) is 2. The number of carbonyl (C=O) groups excluding carboxylic acids is 2. The summed E-state index contributed by atoms with van der Waals surface area (Å²) in [6.45, 7) is 1.77. The first-order valence-electron chi connectivity index (χ1n) is 13.9. The molecule has 3 N–H and O–H groups in total. The standard InChI is InChI=1S/C33H25Cl4N5O4S/c1-2-45-29-14-19(13-27(37)31(29)46-17-30(43)39-24-11-12-25(35)26(36)15-24)16-38-42-32(44)21-5-3-20(4-6-21)28-18-47-33(41-28)40-23-9-7-22(34)8-10-23/h3-16,18H,2,17H2,1H3,(H,39,43)(H,40,41)(H,42,44)/b38-16-. The molecule has 0 spiro atoms. The lowest BCUT2D eigenvalue weighted by atomic mass is 10.1. The number of carbonyl (C=O) groups is 2. The summed E-state index contributed by atoms with van der Waals surface area (Å²) in [5.74, 6) is -0.350. The summed E-state index contributed by atoms with van der Waals surface area (Å²) in [7, 11) is 0. The van der Waals surface area contributed by atoms with E-state index in [9.17, 15) is 9.59 Å². The molecule has 0 aliphatic heterocycles. The molecule has 0 saturated carbocycles. The first-order valence-corrected chi connectivity index (χ1v) is 16.3. The van der Waals surface area contributed by atoms with Crippen molar-refractivity contribution in [3.63, 3.8) is 0 Å². The van der Waals surface area contributed by atoms with Gasteiger partial charge in [-0.2, -0.15) is 5.10 Å². The summed E-state index contributed by atoms with van der Waals surface area (Å²) in [4.78, 5) is 29.8. The summed E-state index contributed by atoms with van der Waals surface area (Å²) in [5, 5.41) is 14.2. The molecule has 0 aliphatic carbocycles. The van der Waals surface area contributed by atoms with E-state index in [1.807, 2.05) is 29.6 Å². The minimum Gasteiger partial charge on any atom is -0.490 e. The van der Waals surface area contributed by atoms with E-state index in [2.05, 4.69) is 26.1 Å². The average molecular weight is 729 g/mol. The van der Waals surface area contributed by atoms with Gasteiger partial charge in [0.25, 0.3) is 11.8 Å². The predicted octanol–water partition coefficient (Wildman–Crippen LogP) is 9.35. The Hall–Kier alpha value is -4.32. The van der Waals surface area contributed by atoms with E-state index < -0.39 is 11.8 Å². The highest BCUT2D eigenvalue weighted by molar-refractivity contribution is 7.14. The van der Waals surface area contributed by atoms with Crippen LogP contribution in [0.15, 0.2) is 89.3 Å². The molecule has 1 aromatic heterocycles. The molecule has 1 heterocycles. The van der Waals surface area contributed by atoms with E-state index in [1.54, 1.807) is 55.5 Å². The third-order valence-corrected chi connectivity index (χ3v) is 8.33. The van der Waals surface area contributed by atoms with Gasteiger partial charge in [-0.05, 0) is 79.2 Å². The van der Waals surface area contributed by atoms with E-state index in [0.717, 1.165) is 22.1 Å². The Labute approximate surface area is 294 Å². The van der Waals surface area contributed by atoms with Crippen LogP contribution in [0.2, 0.25) is 20.1 Å². The number of hydrogen-bond donors (Lipinski definition) is 3. The van der Waals surface area contributed by atoms with Crippen LogP contribution in [0.4, 0.5) is 16.5 Å². The first kappa shape index (κ1) is 34.0. The molecule has 240 valence electrons. The molecule has 0 radical (unpaired) electrons. The Balaban J connectivity index is 1.17. The Morgan fingerprint density at radius 3 is 2.34 bits per heavy atom. The number of halogens is 4. The van der Waals surface area contributed by atoms with Gasteiger partial charge in [0.05, 0.1) is 33.6 Å². The maximum Gasteiger partial charge on any atom is 0.271 e. The number of rotatable bonds is 12. The fourth-order valence-electron chi connectivity index (χ4n) is 4.12. The van der Waals surface area contributed by atoms with Crippen molar-refractivity contribution in [3.8, 4) is 22.8 Å². The molecule has 0 unspecified atom stereocenters. The van der Waals surface area contributed by atoms with Crippen LogP contribution in [0.1, 0.15) is 22.8 Å². The lowest BCUT2D eigenvalue weighted by molar-refractivity contribution is -0.118. The van der Waals surface area contributed by atoms with Crippen LogP contribution in [0.25, 0.3) is 11.3 Å². The van der Waals surface area contributed by atoms with Crippen molar-refractivity contribution in [2.45, 2.75) is 6.92 Å². The molecule has 14 heteroatoms. The smallest absolute Gasteiger partial charge is 0.271 e. The summed E-state index contributed by atoms with van der Waals surface area (Å²) in [6, 6.07) is 22.3. The molecular weight excluding hydrogens is 704 g/mol. The highest BCUT2D eigenvalue weighted by Crippen LogP contribution is 2.36. The second-order valence-electron chi connectivity index (χ2n) is 9.68. The first-order chi connectivity index (χ1) is 22.7. The number of hydrazone groups is 1. The van der Waals surface area contributed by atoms with Crippen molar-refractivity contribution in [2.75, 3.05) is 23.8 Å². The maximum absolute atomic E-state index is 12.7. The molecule has 0 fully saturated rings. The number of amides is 2. The lowest BCUT2D eigenvalue weighted by Gasteiger charge is -2.14. The van der Waals surface area contributed by atoms with Crippen LogP contribution in [0.3, 0.4) is 0 Å². The molecule has 4 aromatic carbocycles. The van der Waals surface area contributed by atoms with Crippen LogP contribution in [-0.2, 0) is 4.79 Å². The van der Waals surface area contributed by atoms with Crippen molar-refractivity contribution in [2.24, 2.45) is 5.10 Å². The fraction of sp³-hybridized carbons (Fsp3) is 0.0909. The van der Waals surface area contributed by atoms with E-state index in [1.165, 1.54) is 23.6 Å². The molecule has 0 aliphatic rings. The molecule has 9 nitrogen and oxygen atoms in total. The van der Waals surface area contributed by atoms with Crippen LogP contribution < -0.4 is 25.5 Å². The van der Waals surface area contributed by atoms with E-state index in [0.29, 0.717) is 44.2 Å². The van der Waals surface area contributed by atoms with Gasteiger partial charge in [0.15, 0.2) is 23.2 Å². The molecule has 0 bridgehead atoms. The minimum atomic E-state index is -0.439. The average Bonchev–Trinajstić information content (AvgIpc) is 3.52. The number of thiazole rings is 1. The van der Waals surface area contributed by atoms with Gasteiger partial charge >= 0.3 is 0 Å². The van der Waals surface area contributed by atoms with Gasteiger partial charge in [-0.15, -0.1) is 11.3 Å². The third-order valence-electron chi connectivity index (χ3n) is 6.30. The number of hydrogen-bond acceptors (Lipinski definition) is 8. The molecular formula is C33H25Cl4N5O4S. The SMILES string of the molecule is CCOc1cc(/C=N\NC(=O)c2ccc(-c3csc(Nc4ccc(Cl)cc4)n3)cc2)cc(Cl)c1OCC(=O)Nc1ccc(Cl)c(Cl)c1. The van der Waals surface area contributed by atoms with Crippen LogP contribution in [-0.4, -0.2) is 36.2 Å². The van der Waals surface area contributed by atoms with Gasteiger partial charge in [0, 0.05) is 32.9 Å². The van der Waals surface area contributed by atoms with Crippen molar-refractivity contribution >= 4 is 92.3 Å². The van der Waals surface area contributed by atoms with Gasteiger partial charge < -0.3 is 20.1 Å². The maximum atomic E-state index is 12.7. The highest BCUT2D eigenvalue weighted by atomic mass is 35.5. The van der Waals surface area contributed by atoms with E-state index in [4.69, 9.17) is 55.9 Å². The van der Waals surface area contributed by atoms with Gasteiger partial charge in [-0.1, -0.05) is 58.5 Å². The third kappa shape index (κ3) is 9.37. The number of benzene rings is 4. The molecule has 2 amide bonds. The van der Waals surface area contributed by atoms with E-state index in [-0.39, 0.29) is 17.4 Å². The van der Waals surface area contributed by atoms with Crippen LogP contribution >= 0.6 is 57.7 Å². The number of aromatic nitrogens is 1. The van der Waals surface area contributed by atoms with Crippen molar-refractivity contribution in [1.82, 2.24) is 10.4 Å². The number of nitrogens with one attached hydrogen (secondary N) is 3. The molecule has 0 atom stereocenters. The summed E-state index contributed by atoms with van der Waals surface area (Å²) in [6.07, 6.45) is 1.42. The van der Waals surface area contributed by atoms with E-state index >= 15 is 0 Å². The topological polar surface area (TPSA) is 114 Å². The zero-order valence-corrected chi connectivity index (χ0v) is 28.4. The quantitative estimate of drug-likeness (QED) is 0.0872. The summed E-state index contributed by atoms with van der Waals surface area (Å²) < 4.78 is 11.4. The lowest BCUT2D eigenvalue weighted by Crippen LogP contribution is -2.20. The van der Waals surface area contributed by atoms with Gasteiger partial charge in [0.2, 0.25) is 0 Å².